The zero-order valence-electron chi connectivity index (χ0n) is 15.3. The number of hydrogen-bond donors (Lipinski definition) is 1. The first-order valence-corrected chi connectivity index (χ1v) is 10.5. The number of fused-ring (bicyclic) bond motifs is 1. The maximum atomic E-state index is 12.4. The van der Waals surface area contributed by atoms with Gasteiger partial charge in [0.1, 0.15) is 9.88 Å². The molecule has 0 saturated carbocycles. The highest BCUT2D eigenvalue weighted by Gasteiger charge is 2.27. The molecule has 0 atom stereocenters. The van der Waals surface area contributed by atoms with E-state index in [1.54, 1.807) is 13.0 Å². The lowest BCUT2D eigenvalue weighted by atomic mass is 9.95. The number of carbonyl (C=O) groups excluding carboxylic acids is 3. The van der Waals surface area contributed by atoms with Crippen molar-refractivity contribution >= 4 is 45.5 Å². The molecule has 0 radical (unpaired) electrons. The summed E-state index contributed by atoms with van der Waals surface area (Å²) in [5.41, 5.74) is 1.43. The number of thiophene rings is 2. The second-order valence-corrected chi connectivity index (χ2v) is 8.56. The number of hydrogen-bond acceptors (Lipinski definition) is 7. The fourth-order valence-electron chi connectivity index (χ4n) is 2.98. The van der Waals surface area contributed by atoms with Crippen LogP contribution in [0.25, 0.3) is 0 Å². The first kappa shape index (κ1) is 19.6. The van der Waals surface area contributed by atoms with Gasteiger partial charge >= 0.3 is 11.9 Å². The predicted octanol–water partition coefficient (Wildman–Crippen LogP) is 3.97. The van der Waals surface area contributed by atoms with E-state index in [-0.39, 0.29) is 6.61 Å². The Hall–Kier alpha value is -2.19. The molecule has 1 aliphatic rings. The summed E-state index contributed by atoms with van der Waals surface area (Å²) in [7, 11) is 0. The Morgan fingerprint density at radius 2 is 1.85 bits per heavy atom. The van der Waals surface area contributed by atoms with Gasteiger partial charge in [0.15, 0.2) is 6.61 Å². The first-order valence-electron chi connectivity index (χ1n) is 8.84. The molecule has 0 fully saturated rings. The number of esters is 2. The summed E-state index contributed by atoms with van der Waals surface area (Å²) in [6, 6.07) is 3.50. The van der Waals surface area contributed by atoms with Gasteiger partial charge in [-0.25, -0.2) is 9.59 Å². The molecule has 2 heterocycles. The molecule has 2 aromatic heterocycles. The van der Waals surface area contributed by atoms with E-state index in [2.05, 4.69) is 5.32 Å². The first-order chi connectivity index (χ1) is 13.0. The highest BCUT2D eigenvalue weighted by Crippen LogP contribution is 2.38. The lowest BCUT2D eigenvalue weighted by Gasteiger charge is -2.12. The summed E-state index contributed by atoms with van der Waals surface area (Å²) in [5, 5.41) is 3.20. The van der Waals surface area contributed by atoms with Crippen LogP contribution >= 0.6 is 22.7 Å². The summed E-state index contributed by atoms with van der Waals surface area (Å²) in [4.78, 5) is 39.2. The second kappa shape index (κ2) is 8.67. The van der Waals surface area contributed by atoms with Crippen molar-refractivity contribution in [3.63, 3.8) is 0 Å². The lowest BCUT2D eigenvalue weighted by molar-refractivity contribution is -0.119. The monoisotopic (exact) mass is 407 g/mol. The minimum absolute atomic E-state index is 0.273. The number of amides is 1. The van der Waals surface area contributed by atoms with Crippen LogP contribution in [0, 0.1) is 6.92 Å². The van der Waals surface area contributed by atoms with Gasteiger partial charge in [-0.05, 0) is 57.2 Å². The predicted molar refractivity (Wildman–Crippen MR) is 105 cm³/mol. The molecular formula is C19H21NO5S2. The third kappa shape index (κ3) is 4.56. The molecule has 3 rings (SSSR count). The summed E-state index contributed by atoms with van der Waals surface area (Å²) >= 11 is 2.72. The SMILES string of the molecule is CCOC(=O)c1c(NC(=O)COC(=O)c2ccc(C)s2)sc2c1CCCC2. The van der Waals surface area contributed by atoms with Crippen molar-refractivity contribution in [1.82, 2.24) is 0 Å². The number of aryl methyl sites for hydroxylation is 2. The highest BCUT2D eigenvalue weighted by molar-refractivity contribution is 7.17. The quantitative estimate of drug-likeness (QED) is 0.733. The Bertz CT molecular complexity index is 868. The average molecular weight is 408 g/mol. The Balaban J connectivity index is 1.69. The van der Waals surface area contributed by atoms with E-state index in [0.29, 0.717) is 15.4 Å². The molecule has 0 aliphatic heterocycles. The van der Waals surface area contributed by atoms with E-state index >= 15 is 0 Å². The molecule has 1 aliphatic carbocycles. The van der Waals surface area contributed by atoms with Gasteiger partial charge in [-0.2, -0.15) is 0 Å². The largest absolute Gasteiger partial charge is 0.462 e. The number of nitrogens with one attached hydrogen (secondary N) is 1. The minimum Gasteiger partial charge on any atom is -0.462 e. The van der Waals surface area contributed by atoms with Crippen LogP contribution in [0.5, 0.6) is 0 Å². The normalized spacial score (nSPS) is 13.0. The Morgan fingerprint density at radius 3 is 2.56 bits per heavy atom. The molecule has 0 aromatic carbocycles. The van der Waals surface area contributed by atoms with Crippen LogP contribution < -0.4 is 5.32 Å². The van der Waals surface area contributed by atoms with Crippen LogP contribution in [0.15, 0.2) is 12.1 Å². The number of ether oxygens (including phenoxy) is 2. The number of rotatable bonds is 6. The van der Waals surface area contributed by atoms with Gasteiger partial charge < -0.3 is 14.8 Å². The third-order valence-electron chi connectivity index (χ3n) is 4.18. The van der Waals surface area contributed by atoms with Crippen molar-refractivity contribution in [3.8, 4) is 0 Å². The molecule has 0 bridgehead atoms. The average Bonchev–Trinajstić information content (AvgIpc) is 3.23. The van der Waals surface area contributed by atoms with E-state index in [1.165, 1.54) is 22.7 Å². The Morgan fingerprint density at radius 1 is 1.07 bits per heavy atom. The van der Waals surface area contributed by atoms with E-state index in [0.717, 1.165) is 41.0 Å². The van der Waals surface area contributed by atoms with Gasteiger partial charge in [0.05, 0.1) is 12.2 Å². The second-order valence-electron chi connectivity index (χ2n) is 6.17. The molecule has 27 heavy (non-hydrogen) atoms. The minimum atomic E-state index is -0.528. The van der Waals surface area contributed by atoms with Gasteiger partial charge in [-0.3, -0.25) is 4.79 Å². The van der Waals surface area contributed by atoms with Crippen LogP contribution in [-0.4, -0.2) is 31.1 Å². The molecule has 144 valence electrons. The molecule has 1 N–H and O–H groups in total. The molecule has 1 amide bonds. The maximum Gasteiger partial charge on any atom is 0.348 e. The van der Waals surface area contributed by atoms with Crippen molar-refractivity contribution in [2.75, 3.05) is 18.5 Å². The van der Waals surface area contributed by atoms with Crippen molar-refractivity contribution in [3.05, 3.63) is 37.9 Å². The fraction of sp³-hybridized carbons (Fsp3) is 0.421. The Labute approximate surface area is 165 Å². The van der Waals surface area contributed by atoms with Gasteiger partial charge in [0.25, 0.3) is 5.91 Å². The number of anilines is 1. The Kier molecular flexibility index (Phi) is 6.28. The molecule has 0 saturated heterocycles. The molecule has 6 nitrogen and oxygen atoms in total. The van der Waals surface area contributed by atoms with Gasteiger partial charge in [-0.1, -0.05) is 0 Å². The maximum absolute atomic E-state index is 12.4. The summed E-state index contributed by atoms with van der Waals surface area (Å²) in [6.45, 7) is 3.51. The summed E-state index contributed by atoms with van der Waals surface area (Å²) < 4.78 is 10.2. The molecular weight excluding hydrogens is 386 g/mol. The van der Waals surface area contributed by atoms with Crippen LogP contribution in [0.3, 0.4) is 0 Å². The smallest absolute Gasteiger partial charge is 0.348 e. The van der Waals surface area contributed by atoms with E-state index in [1.807, 2.05) is 13.0 Å². The van der Waals surface area contributed by atoms with Gasteiger partial charge in [0, 0.05) is 9.75 Å². The van der Waals surface area contributed by atoms with Crippen LogP contribution in [-0.2, 0) is 27.1 Å². The van der Waals surface area contributed by atoms with Gasteiger partial charge in [-0.15, -0.1) is 22.7 Å². The zero-order valence-corrected chi connectivity index (χ0v) is 16.9. The van der Waals surface area contributed by atoms with E-state index in [4.69, 9.17) is 9.47 Å². The fourth-order valence-corrected chi connectivity index (χ4v) is 5.04. The molecule has 0 unspecified atom stereocenters. The zero-order chi connectivity index (χ0) is 19.4. The molecule has 8 heteroatoms. The number of carbonyl (C=O) groups is 3. The van der Waals surface area contributed by atoms with Gasteiger partial charge in [0.2, 0.25) is 0 Å². The van der Waals surface area contributed by atoms with Crippen molar-refractivity contribution in [2.45, 2.75) is 39.5 Å². The third-order valence-corrected chi connectivity index (χ3v) is 6.37. The van der Waals surface area contributed by atoms with Crippen molar-refractivity contribution in [1.29, 1.82) is 0 Å². The van der Waals surface area contributed by atoms with Crippen molar-refractivity contribution in [2.24, 2.45) is 0 Å². The van der Waals surface area contributed by atoms with E-state index < -0.39 is 24.5 Å². The van der Waals surface area contributed by atoms with Crippen molar-refractivity contribution < 1.29 is 23.9 Å². The standard InChI is InChI=1S/C19H21NO5S2/c1-3-24-19(23)16-12-6-4-5-7-13(12)27-17(16)20-15(21)10-25-18(22)14-9-8-11(2)26-14/h8-9H,3-7,10H2,1-2H3,(H,20,21). The van der Waals surface area contributed by atoms with Crippen LogP contribution in [0.4, 0.5) is 5.00 Å². The van der Waals surface area contributed by atoms with E-state index in [9.17, 15) is 14.4 Å². The topological polar surface area (TPSA) is 81.7 Å². The highest BCUT2D eigenvalue weighted by atomic mass is 32.1. The van der Waals surface area contributed by atoms with Crippen LogP contribution in [0.2, 0.25) is 0 Å². The molecule has 2 aromatic rings. The summed E-state index contributed by atoms with van der Waals surface area (Å²) in [5.74, 6) is -1.42. The summed E-state index contributed by atoms with van der Waals surface area (Å²) in [6.07, 6.45) is 3.79. The lowest BCUT2D eigenvalue weighted by Crippen LogP contribution is -2.21. The van der Waals surface area contributed by atoms with Crippen LogP contribution in [0.1, 0.15) is 55.1 Å². The molecule has 0 spiro atoms.